The van der Waals surface area contributed by atoms with Gasteiger partial charge in [0.05, 0.1) is 5.25 Å². The number of amides is 1. The molecule has 0 N–H and O–H groups in total. The van der Waals surface area contributed by atoms with Crippen molar-refractivity contribution in [1.82, 2.24) is 15.1 Å². The van der Waals surface area contributed by atoms with Crippen LogP contribution in [-0.2, 0) is 17.9 Å². The number of carbonyl (C=O) groups is 1. The fourth-order valence-electron chi connectivity index (χ4n) is 2.79. The van der Waals surface area contributed by atoms with Crippen molar-refractivity contribution in [2.45, 2.75) is 44.4 Å². The van der Waals surface area contributed by atoms with E-state index in [2.05, 4.69) is 10.2 Å². The highest BCUT2D eigenvalue weighted by Crippen LogP contribution is 2.25. The summed E-state index contributed by atoms with van der Waals surface area (Å²) >= 11 is 1.25. The van der Waals surface area contributed by atoms with Gasteiger partial charge in [0.1, 0.15) is 5.75 Å². The van der Waals surface area contributed by atoms with Gasteiger partial charge in [0, 0.05) is 13.6 Å². The number of thioether (sulfide) groups is 1. The molecule has 0 aliphatic rings. The van der Waals surface area contributed by atoms with E-state index in [1.54, 1.807) is 11.9 Å². The molecule has 29 heavy (non-hydrogen) atoms. The van der Waals surface area contributed by atoms with Gasteiger partial charge in [0.2, 0.25) is 5.91 Å². The highest BCUT2D eigenvalue weighted by Gasteiger charge is 2.21. The van der Waals surface area contributed by atoms with Crippen molar-refractivity contribution < 1.29 is 13.9 Å². The van der Waals surface area contributed by atoms with Crippen molar-refractivity contribution in [2.24, 2.45) is 0 Å². The summed E-state index contributed by atoms with van der Waals surface area (Å²) in [5.74, 6) is 1.18. The van der Waals surface area contributed by atoms with Crippen molar-refractivity contribution in [3.63, 3.8) is 0 Å². The molecule has 1 aromatic heterocycles. The molecule has 0 fully saturated rings. The first-order chi connectivity index (χ1) is 13.9. The molecule has 2 aromatic carbocycles. The first-order valence-corrected chi connectivity index (χ1v) is 10.3. The van der Waals surface area contributed by atoms with Gasteiger partial charge in [-0.15, -0.1) is 10.2 Å². The smallest absolute Gasteiger partial charge is 0.277 e. The summed E-state index contributed by atoms with van der Waals surface area (Å²) in [6.07, 6.45) is 0. The average molecular weight is 412 g/mol. The van der Waals surface area contributed by atoms with Crippen LogP contribution in [0, 0.1) is 13.8 Å². The van der Waals surface area contributed by atoms with Gasteiger partial charge in [-0.3, -0.25) is 4.79 Å². The zero-order valence-electron chi connectivity index (χ0n) is 17.1. The Morgan fingerprint density at radius 3 is 2.69 bits per heavy atom. The van der Waals surface area contributed by atoms with Crippen LogP contribution < -0.4 is 4.74 Å². The Bertz CT molecular complexity index is 959. The van der Waals surface area contributed by atoms with Gasteiger partial charge >= 0.3 is 0 Å². The van der Waals surface area contributed by atoms with Crippen LogP contribution in [0.4, 0.5) is 0 Å². The van der Waals surface area contributed by atoms with E-state index in [9.17, 15) is 4.79 Å². The van der Waals surface area contributed by atoms with Crippen LogP contribution in [0.25, 0.3) is 0 Å². The number of nitrogens with zero attached hydrogens (tertiary/aromatic N) is 3. The van der Waals surface area contributed by atoms with E-state index in [0.717, 1.165) is 22.4 Å². The maximum Gasteiger partial charge on any atom is 0.277 e. The second-order valence-electron chi connectivity index (χ2n) is 6.96. The van der Waals surface area contributed by atoms with Crippen molar-refractivity contribution in [3.8, 4) is 5.75 Å². The van der Waals surface area contributed by atoms with E-state index in [4.69, 9.17) is 9.15 Å². The largest absolute Gasteiger partial charge is 0.484 e. The van der Waals surface area contributed by atoms with E-state index in [1.807, 2.05) is 69.3 Å². The Balaban J connectivity index is 1.53. The summed E-state index contributed by atoms with van der Waals surface area (Å²) < 4.78 is 11.4. The minimum Gasteiger partial charge on any atom is -0.484 e. The summed E-state index contributed by atoms with van der Waals surface area (Å²) in [5, 5.41) is 8.07. The molecular weight excluding hydrogens is 386 g/mol. The third kappa shape index (κ3) is 5.84. The van der Waals surface area contributed by atoms with Gasteiger partial charge in [-0.25, -0.2) is 0 Å². The lowest BCUT2D eigenvalue weighted by Gasteiger charge is -2.20. The van der Waals surface area contributed by atoms with E-state index in [1.165, 1.54) is 11.8 Å². The first-order valence-electron chi connectivity index (χ1n) is 9.40. The number of aryl methyl sites for hydroxylation is 2. The number of ether oxygens (including phenoxy) is 1. The summed E-state index contributed by atoms with van der Waals surface area (Å²) in [5.41, 5.74) is 3.26. The predicted molar refractivity (Wildman–Crippen MR) is 113 cm³/mol. The van der Waals surface area contributed by atoms with Crippen molar-refractivity contribution in [2.75, 3.05) is 7.05 Å². The van der Waals surface area contributed by atoms with E-state index >= 15 is 0 Å². The Morgan fingerprint density at radius 1 is 1.17 bits per heavy atom. The molecule has 0 bridgehead atoms. The normalized spacial score (nSPS) is 11.9. The number of hydrogen-bond acceptors (Lipinski definition) is 6. The number of aromatic nitrogens is 2. The molecule has 1 atom stereocenters. The first kappa shape index (κ1) is 20.9. The molecule has 7 heteroatoms. The molecule has 0 aliphatic carbocycles. The fourth-order valence-corrected chi connectivity index (χ4v) is 3.61. The lowest BCUT2D eigenvalue weighted by molar-refractivity contribution is -0.129. The van der Waals surface area contributed by atoms with Crippen LogP contribution in [0.1, 0.15) is 29.5 Å². The van der Waals surface area contributed by atoms with Gasteiger partial charge in [-0.2, -0.15) is 0 Å². The predicted octanol–water partition coefficient (Wildman–Crippen LogP) is 4.40. The molecule has 152 valence electrons. The average Bonchev–Trinajstić information content (AvgIpc) is 3.16. The molecule has 3 aromatic rings. The Hall–Kier alpha value is -2.80. The second kappa shape index (κ2) is 9.60. The van der Waals surface area contributed by atoms with Crippen molar-refractivity contribution in [1.29, 1.82) is 0 Å². The number of hydrogen-bond donors (Lipinski definition) is 0. The molecule has 3 rings (SSSR count). The minimum atomic E-state index is -0.336. The molecule has 0 radical (unpaired) electrons. The number of carbonyl (C=O) groups excluding carboxylic acids is 1. The summed E-state index contributed by atoms with van der Waals surface area (Å²) in [6, 6.07) is 15.9. The number of rotatable bonds is 8. The zero-order chi connectivity index (χ0) is 20.8. The van der Waals surface area contributed by atoms with Gasteiger partial charge in [-0.05, 0) is 43.5 Å². The van der Waals surface area contributed by atoms with Crippen LogP contribution >= 0.6 is 11.8 Å². The number of benzene rings is 2. The van der Waals surface area contributed by atoms with E-state index in [-0.39, 0.29) is 17.8 Å². The molecule has 1 heterocycles. The molecular formula is C22H25N3O3S. The van der Waals surface area contributed by atoms with Crippen LogP contribution in [0.5, 0.6) is 5.75 Å². The third-order valence-corrected chi connectivity index (χ3v) is 5.33. The van der Waals surface area contributed by atoms with Gasteiger partial charge < -0.3 is 14.1 Å². The Labute approximate surface area is 175 Å². The van der Waals surface area contributed by atoms with Crippen molar-refractivity contribution in [3.05, 3.63) is 71.1 Å². The monoisotopic (exact) mass is 411 g/mol. The SMILES string of the molecule is Cc1ccc(C)c(OCc2nnc(SC(C)C(=O)N(C)Cc3ccccc3)o2)c1. The van der Waals surface area contributed by atoms with Gasteiger partial charge in [0.15, 0.2) is 6.61 Å². The molecule has 0 spiro atoms. The minimum absolute atomic E-state index is 0.00485. The molecule has 0 aliphatic heterocycles. The van der Waals surface area contributed by atoms with Crippen LogP contribution in [-0.4, -0.2) is 33.3 Å². The summed E-state index contributed by atoms with van der Waals surface area (Å²) in [7, 11) is 1.80. The maximum atomic E-state index is 12.6. The van der Waals surface area contributed by atoms with Gasteiger partial charge in [-0.1, -0.05) is 54.2 Å². The van der Waals surface area contributed by atoms with Gasteiger partial charge in [0.25, 0.3) is 11.1 Å². The quantitative estimate of drug-likeness (QED) is 0.512. The third-order valence-electron chi connectivity index (χ3n) is 4.41. The van der Waals surface area contributed by atoms with Crippen molar-refractivity contribution >= 4 is 17.7 Å². The van der Waals surface area contributed by atoms with Crippen LogP contribution in [0.15, 0.2) is 58.2 Å². The lowest BCUT2D eigenvalue weighted by Crippen LogP contribution is -2.32. The summed E-state index contributed by atoms with van der Waals surface area (Å²) in [4.78, 5) is 14.3. The standard InChI is InChI=1S/C22H25N3O3S/c1-15-10-11-16(2)19(12-15)27-14-20-23-24-22(28-20)29-17(3)21(26)25(4)13-18-8-6-5-7-9-18/h5-12,17H,13-14H2,1-4H3. The lowest BCUT2D eigenvalue weighted by atomic mass is 10.1. The van der Waals surface area contributed by atoms with Crippen LogP contribution in [0.3, 0.4) is 0 Å². The Morgan fingerprint density at radius 2 is 1.93 bits per heavy atom. The zero-order valence-corrected chi connectivity index (χ0v) is 17.9. The second-order valence-corrected chi connectivity index (χ2v) is 8.25. The molecule has 0 saturated heterocycles. The highest BCUT2D eigenvalue weighted by atomic mass is 32.2. The van der Waals surface area contributed by atoms with Crippen LogP contribution in [0.2, 0.25) is 0 Å². The van der Waals surface area contributed by atoms with E-state index in [0.29, 0.717) is 17.7 Å². The van der Waals surface area contributed by atoms with E-state index < -0.39 is 0 Å². The molecule has 6 nitrogen and oxygen atoms in total. The highest BCUT2D eigenvalue weighted by molar-refractivity contribution is 8.00. The summed E-state index contributed by atoms with van der Waals surface area (Å²) in [6.45, 7) is 6.59. The fraction of sp³-hybridized carbons (Fsp3) is 0.318. The topological polar surface area (TPSA) is 68.5 Å². The Kier molecular flexibility index (Phi) is 6.93. The molecule has 1 amide bonds. The maximum absolute atomic E-state index is 12.6. The molecule has 1 unspecified atom stereocenters. The molecule has 0 saturated carbocycles.